The third-order valence-electron chi connectivity index (χ3n) is 4.25. The molecule has 0 fully saturated rings. The van der Waals surface area contributed by atoms with E-state index in [2.05, 4.69) is 25.0 Å². The summed E-state index contributed by atoms with van der Waals surface area (Å²) >= 11 is 5.98. The average Bonchev–Trinajstić information content (AvgIpc) is 2.61. The van der Waals surface area contributed by atoms with Crippen molar-refractivity contribution in [2.24, 2.45) is 5.92 Å². The van der Waals surface area contributed by atoms with E-state index in [1.807, 2.05) is 13.8 Å². The van der Waals surface area contributed by atoms with Gasteiger partial charge in [0, 0.05) is 11.4 Å². The molecule has 0 aliphatic carbocycles. The predicted octanol–water partition coefficient (Wildman–Crippen LogP) is 3.20. The monoisotopic (exact) mass is 459 g/mol. The first kappa shape index (κ1) is 24.2. The third kappa shape index (κ3) is 7.66. The molecular formula is C19H27ClFN5O3S. The van der Waals surface area contributed by atoms with Crippen molar-refractivity contribution in [2.45, 2.75) is 45.6 Å². The molecule has 30 heavy (non-hydrogen) atoms. The lowest BCUT2D eigenvalue weighted by Gasteiger charge is -2.19. The highest BCUT2D eigenvalue weighted by Crippen LogP contribution is 2.25. The molecule has 3 N–H and O–H groups in total. The van der Waals surface area contributed by atoms with Crippen LogP contribution in [0.5, 0.6) is 0 Å². The highest BCUT2D eigenvalue weighted by atomic mass is 35.5. The molecular weight excluding hydrogens is 433 g/mol. The maximum absolute atomic E-state index is 14.2. The predicted molar refractivity (Wildman–Crippen MR) is 116 cm³/mol. The van der Waals surface area contributed by atoms with Crippen LogP contribution < -0.4 is 10.0 Å². The molecule has 0 saturated carbocycles. The Labute approximate surface area is 181 Å². The van der Waals surface area contributed by atoms with Crippen LogP contribution in [0.3, 0.4) is 0 Å². The van der Waals surface area contributed by atoms with Gasteiger partial charge >= 0.3 is 0 Å². The average molecular weight is 460 g/mol. The van der Waals surface area contributed by atoms with Crippen molar-refractivity contribution in [1.29, 1.82) is 0 Å². The second-order valence-corrected chi connectivity index (χ2v) is 9.88. The van der Waals surface area contributed by atoms with Crippen LogP contribution in [-0.4, -0.2) is 47.4 Å². The zero-order chi connectivity index (χ0) is 22.5. The molecule has 0 radical (unpaired) electrons. The molecule has 0 bridgehead atoms. The minimum atomic E-state index is -3.61. The quantitative estimate of drug-likeness (QED) is 0.499. The molecule has 11 heteroatoms. The summed E-state index contributed by atoms with van der Waals surface area (Å²) in [6.45, 7) is 5.69. The largest absolute Gasteiger partial charge is 0.394 e. The van der Waals surface area contributed by atoms with Gasteiger partial charge in [0.05, 0.1) is 18.9 Å². The van der Waals surface area contributed by atoms with Gasteiger partial charge in [0.15, 0.2) is 0 Å². The van der Waals surface area contributed by atoms with Gasteiger partial charge in [-0.25, -0.2) is 12.8 Å². The van der Waals surface area contributed by atoms with E-state index < -0.39 is 15.8 Å². The van der Waals surface area contributed by atoms with Crippen LogP contribution in [0.2, 0.25) is 5.02 Å². The zero-order valence-corrected chi connectivity index (χ0v) is 18.9. The molecule has 0 spiro atoms. The first-order valence-corrected chi connectivity index (χ1v) is 11.8. The van der Waals surface area contributed by atoms with Gasteiger partial charge in [-0.1, -0.05) is 32.4 Å². The van der Waals surface area contributed by atoms with Crippen LogP contribution in [0.15, 0.2) is 18.2 Å². The van der Waals surface area contributed by atoms with E-state index >= 15 is 0 Å². The number of hydrogen-bond acceptors (Lipinski definition) is 7. The number of aliphatic hydroxyl groups is 1. The number of halogens is 2. The van der Waals surface area contributed by atoms with E-state index in [4.69, 9.17) is 11.6 Å². The van der Waals surface area contributed by atoms with Gasteiger partial charge in [-0.2, -0.15) is 15.0 Å². The molecule has 8 nitrogen and oxygen atoms in total. The summed E-state index contributed by atoms with van der Waals surface area (Å²) in [7, 11) is -3.61. The number of aliphatic hydroxyl groups excluding tert-OH is 1. The second kappa shape index (κ2) is 10.3. The fraction of sp³-hybridized carbons (Fsp3) is 0.526. The number of nitrogens with zero attached hydrogens (tertiary/aromatic N) is 3. The van der Waals surface area contributed by atoms with Crippen molar-refractivity contribution in [3.63, 3.8) is 0 Å². The maximum Gasteiger partial charge on any atom is 0.241 e. The fourth-order valence-electron chi connectivity index (χ4n) is 2.99. The molecule has 1 heterocycles. The Bertz CT molecular complexity index is 975. The smallest absolute Gasteiger partial charge is 0.241 e. The third-order valence-corrected chi connectivity index (χ3v) is 5.03. The van der Waals surface area contributed by atoms with E-state index in [0.29, 0.717) is 22.9 Å². The molecule has 0 unspecified atom stereocenters. The van der Waals surface area contributed by atoms with E-state index in [9.17, 15) is 17.9 Å². The number of benzene rings is 1. The van der Waals surface area contributed by atoms with Gasteiger partial charge in [-0.05, 0) is 42.0 Å². The van der Waals surface area contributed by atoms with E-state index in [0.717, 1.165) is 6.26 Å². The van der Waals surface area contributed by atoms with Crippen LogP contribution >= 0.6 is 11.6 Å². The summed E-state index contributed by atoms with van der Waals surface area (Å²) in [5.41, 5.74) is 0.406. The van der Waals surface area contributed by atoms with Crippen LogP contribution in [0.25, 0.3) is 0 Å². The van der Waals surface area contributed by atoms with E-state index in [-0.39, 0.29) is 42.7 Å². The molecule has 2 rings (SSSR count). The van der Waals surface area contributed by atoms with Crippen LogP contribution in [0.4, 0.5) is 16.3 Å². The van der Waals surface area contributed by atoms with Gasteiger partial charge < -0.3 is 10.4 Å². The van der Waals surface area contributed by atoms with Crippen molar-refractivity contribution < 1.29 is 17.9 Å². The fourth-order valence-corrected chi connectivity index (χ4v) is 3.60. The van der Waals surface area contributed by atoms with Crippen LogP contribution in [0.1, 0.15) is 44.5 Å². The van der Waals surface area contributed by atoms with Crippen LogP contribution in [-0.2, 0) is 16.4 Å². The van der Waals surface area contributed by atoms with Crippen LogP contribution in [0, 0.1) is 11.7 Å². The van der Waals surface area contributed by atoms with Gasteiger partial charge in [-0.15, -0.1) is 0 Å². The molecule has 166 valence electrons. The summed E-state index contributed by atoms with van der Waals surface area (Å²) in [6.07, 6.45) is 1.88. The molecule has 1 aromatic heterocycles. The summed E-state index contributed by atoms with van der Waals surface area (Å²) in [6, 6.07) is 4.00. The van der Waals surface area contributed by atoms with Gasteiger partial charge in [0.1, 0.15) is 11.6 Å². The van der Waals surface area contributed by atoms with Gasteiger partial charge in [0.2, 0.25) is 21.9 Å². The first-order valence-electron chi connectivity index (χ1n) is 9.52. The van der Waals surface area contributed by atoms with E-state index in [1.165, 1.54) is 12.1 Å². The Morgan fingerprint density at radius 3 is 2.43 bits per heavy atom. The number of nitrogens with one attached hydrogen (secondary N) is 2. The normalized spacial score (nSPS) is 13.9. The zero-order valence-electron chi connectivity index (χ0n) is 17.4. The number of hydrogen-bond donors (Lipinski definition) is 3. The minimum absolute atomic E-state index is 0.129. The first-order chi connectivity index (χ1) is 14.0. The molecule has 0 aliphatic rings. The van der Waals surface area contributed by atoms with Crippen molar-refractivity contribution in [3.8, 4) is 0 Å². The van der Waals surface area contributed by atoms with Crippen molar-refractivity contribution in [3.05, 3.63) is 40.4 Å². The summed E-state index contributed by atoms with van der Waals surface area (Å²) in [5.74, 6) is -0.155. The van der Waals surface area contributed by atoms with Gasteiger partial charge in [0.25, 0.3) is 0 Å². The van der Waals surface area contributed by atoms with Crippen molar-refractivity contribution in [1.82, 2.24) is 15.0 Å². The number of aromatic nitrogens is 3. The number of anilines is 2. The highest BCUT2D eigenvalue weighted by molar-refractivity contribution is 7.91. The Morgan fingerprint density at radius 2 is 1.83 bits per heavy atom. The van der Waals surface area contributed by atoms with E-state index in [1.54, 1.807) is 13.0 Å². The Hall–Kier alpha value is -2.04. The Kier molecular flexibility index (Phi) is 8.34. The second-order valence-electron chi connectivity index (χ2n) is 7.70. The Morgan fingerprint density at radius 1 is 1.17 bits per heavy atom. The van der Waals surface area contributed by atoms with Crippen molar-refractivity contribution in [2.75, 3.05) is 22.9 Å². The number of rotatable bonds is 10. The highest BCUT2D eigenvalue weighted by Gasteiger charge is 2.18. The lowest BCUT2D eigenvalue weighted by atomic mass is 9.97. The summed E-state index contributed by atoms with van der Waals surface area (Å²) < 4.78 is 39.7. The van der Waals surface area contributed by atoms with Gasteiger partial charge in [-0.3, -0.25) is 4.72 Å². The lowest BCUT2D eigenvalue weighted by molar-refractivity contribution is 0.259. The lowest BCUT2D eigenvalue weighted by Crippen LogP contribution is -2.27. The summed E-state index contributed by atoms with van der Waals surface area (Å²) in [4.78, 5) is 12.6. The standard InChI is InChI=1S/C19H27ClFN5O3S/c1-11(2)7-14(10-27)22-18-23-17(24-19(25-18)26-30(4,28)29)8-12(3)15-9-13(20)5-6-16(15)21/h5-6,9,11-12,14,27H,7-8,10H2,1-4H3,(H2,22,23,24,25,26)/t12-,14+/m0/s1. The Balaban J connectivity index is 2.34. The SMILES string of the molecule is CC(C)C[C@H](CO)Nc1nc(C[C@H](C)c2cc(Cl)ccc2F)nc(NS(C)(=O)=O)n1. The summed E-state index contributed by atoms with van der Waals surface area (Å²) in [5, 5.41) is 13.0. The molecule has 1 aromatic carbocycles. The topological polar surface area (TPSA) is 117 Å². The molecule has 0 saturated heterocycles. The minimum Gasteiger partial charge on any atom is -0.394 e. The molecule has 2 atom stereocenters. The maximum atomic E-state index is 14.2. The molecule has 0 aliphatic heterocycles. The molecule has 0 amide bonds. The van der Waals surface area contributed by atoms with Crippen molar-refractivity contribution >= 4 is 33.5 Å². The molecule has 2 aromatic rings. The number of sulfonamides is 1.